The van der Waals surface area contributed by atoms with Crippen molar-refractivity contribution in [1.29, 1.82) is 5.26 Å². The summed E-state index contributed by atoms with van der Waals surface area (Å²) in [6.45, 7) is 1.82. The Kier molecular flexibility index (Phi) is 7.50. The number of ether oxygens (including phenoxy) is 2. The van der Waals surface area contributed by atoms with E-state index in [0.29, 0.717) is 26.9 Å². The molecule has 0 N–H and O–H groups in total. The van der Waals surface area contributed by atoms with Gasteiger partial charge in [0.2, 0.25) is 0 Å². The Labute approximate surface area is 191 Å². The summed E-state index contributed by atoms with van der Waals surface area (Å²) in [5.41, 5.74) is 1.71. The third-order valence-electron chi connectivity index (χ3n) is 4.24. The summed E-state index contributed by atoms with van der Waals surface area (Å²) >= 11 is 4.23. The van der Waals surface area contributed by atoms with Gasteiger partial charge in [0.15, 0.2) is 6.61 Å². The minimum absolute atomic E-state index is 0.0378. The van der Waals surface area contributed by atoms with Crippen molar-refractivity contribution in [2.75, 3.05) is 13.2 Å². The number of carbonyl (C=O) groups is 3. The molecule has 0 unspecified atom stereocenters. The smallest absolute Gasteiger partial charge is 0.344 e. The zero-order valence-corrected chi connectivity index (χ0v) is 18.9. The summed E-state index contributed by atoms with van der Waals surface area (Å²) in [7, 11) is 0. The van der Waals surface area contributed by atoms with E-state index in [-0.39, 0.29) is 24.7 Å². The fourth-order valence-electron chi connectivity index (χ4n) is 2.79. The first-order valence-corrected chi connectivity index (χ1v) is 10.8. The van der Waals surface area contributed by atoms with Crippen LogP contribution < -0.4 is 4.74 Å². The van der Waals surface area contributed by atoms with Crippen molar-refractivity contribution in [1.82, 2.24) is 4.90 Å². The number of carbonyl (C=O) groups excluding carboxylic acids is 3. The molecule has 2 amide bonds. The zero-order valence-electron chi connectivity index (χ0n) is 16.5. The first-order chi connectivity index (χ1) is 14.9. The normalized spacial score (nSPS) is 14.6. The van der Waals surface area contributed by atoms with Gasteiger partial charge in [-0.1, -0.05) is 24.3 Å². The van der Waals surface area contributed by atoms with E-state index in [1.807, 2.05) is 0 Å². The van der Waals surface area contributed by atoms with E-state index in [0.717, 1.165) is 16.7 Å². The van der Waals surface area contributed by atoms with Gasteiger partial charge in [0, 0.05) is 0 Å². The maximum absolute atomic E-state index is 12.8. The van der Waals surface area contributed by atoms with Gasteiger partial charge in [-0.3, -0.25) is 14.5 Å². The molecular weight excluding hydrogens is 484 g/mol. The molecule has 0 atom stereocenters. The number of thioether (sulfide) groups is 1. The van der Waals surface area contributed by atoms with Crippen LogP contribution in [0.1, 0.15) is 23.6 Å². The third kappa shape index (κ3) is 5.54. The topological polar surface area (TPSA) is 96.7 Å². The van der Waals surface area contributed by atoms with Crippen LogP contribution in [0.5, 0.6) is 5.75 Å². The Balaban J connectivity index is 1.73. The summed E-state index contributed by atoms with van der Waals surface area (Å²) in [4.78, 5) is 38.0. The molecule has 1 aliphatic heterocycles. The molecule has 9 heteroatoms. The number of esters is 1. The number of nitriles is 1. The molecule has 1 saturated heterocycles. The van der Waals surface area contributed by atoms with Crippen LogP contribution in [0.2, 0.25) is 0 Å². The van der Waals surface area contributed by atoms with Gasteiger partial charge in [-0.15, -0.1) is 0 Å². The molecule has 0 radical (unpaired) electrons. The molecule has 3 rings (SSSR count). The summed E-state index contributed by atoms with van der Waals surface area (Å²) in [6.07, 6.45) is 1.61. The first-order valence-electron chi connectivity index (χ1n) is 9.24. The number of benzene rings is 2. The molecule has 1 fully saturated rings. The molecule has 7 nitrogen and oxygen atoms in total. The van der Waals surface area contributed by atoms with Crippen molar-refractivity contribution < 1.29 is 23.9 Å². The summed E-state index contributed by atoms with van der Waals surface area (Å²) in [5.74, 6) is -0.432. The fourth-order valence-corrected chi connectivity index (χ4v) is 4.14. The first kappa shape index (κ1) is 22.6. The molecular formula is C22H17BrN2O5S. The Morgan fingerprint density at radius 1 is 1.26 bits per heavy atom. The molecule has 0 spiro atoms. The van der Waals surface area contributed by atoms with Gasteiger partial charge in [0.05, 0.1) is 34.2 Å². The highest BCUT2D eigenvalue weighted by Crippen LogP contribution is 2.35. The number of imide groups is 1. The fraction of sp³-hybridized carbons (Fsp3) is 0.182. The molecule has 0 aromatic heterocycles. The van der Waals surface area contributed by atoms with Crippen LogP contribution in [-0.2, 0) is 20.9 Å². The number of halogens is 1. The van der Waals surface area contributed by atoms with Gasteiger partial charge in [0.1, 0.15) is 5.75 Å². The maximum Gasteiger partial charge on any atom is 0.344 e. The quantitative estimate of drug-likeness (QED) is 0.407. The number of amides is 2. The lowest BCUT2D eigenvalue weighted by Gasteiger charge is -2.13. The SMILES string of the molecule is CCOC(=O)COc1ccc(/C=C2/SC(=O)N(Cc3ccccc3C#N)C2=O)cc1Br. The molecule has 158 valence electrons. The van der Waals surface area contributed by atoms with E-state index in [2.05, 4.69) is 22.0 Å². The van der Waals surface area contributed by atoms with Gasteiger partial charge in [-0.25, -0.2) is 4.79 Å². The number of hydrogen-bond acceptors (Lipinski definition) is 7. The average Bonchev–Trinajstić information content (AvgIpc) is 3.01. The highest BCUT2D eigenvalue weighted by atomic mass is 79.9. The summed E-state index contributed by atoms with van der Waals surface area (Å²) in [5, 5.41) is 8.83. The Hall–Kier alpha value is -3.09. The van der Waals surface area contributed by atoms with Crippen LogP contribution >= 0.6 is 27.7 Å². The van der Waals surface area contributed by atoms with Crippen molar-refractivity contribution in [3.63, 3.8) is 0 Å². The molecule has 2 aromatic carbocycles. The number of hydrogen-bond donors (Lipinski definition) is 0. The molecule has 1 heterocycles. The summed E-state index contributed by atoms with van der Waals surface area (Å²) < 4.78 is 10.8. The molecule has 2 aromatic rings. The van der Waals surface area contributed by atoms with Crippen LogP contribution in [0.4, 0.5) is 4.79 Å². The van der Waals surface area contributed by atoms with Gasteiger partial charge < -0.3 is 9.47 Å². The lowest BCUT2D eigenvalue weighted by Crippen LogP contribution is -2.27. The van der Waals surface area contributed by atoms with Crippen molar-refractivity contribution in [2.45, 2.75) is 13.5 Å². The molecule has 0 bridgehead atoms. The van der Waals surface area contributed by atoms with E-state index >= 15 is 0 Å². The largest absolute Gasteiger partial charge is 0.481 e. The highest BCUT2D eigenvalue weighted by molar-refractivity contribution is 9.10. The second-order valence-corrected chi connectivity index (χ2v) is 8.17. The van der Waals surface area contributed by atoms with Gasteiger partial charge >= 0.3 is 5.97 Å². The maximum atomic E-state index is 12.8. The van der Waals surface area contributed by atoms with E-state index in [1.54, 1.807) is 55.5 Å². The minimum Gasteiger partial charge on any atom is -0.481 e. The average molecular weight is 501 g/mol. The van der Waals surface area contributed by atoms with Crippen molar-refractivity contribution >= 4 is 50.9 Å². The van der Waals surface area contributed by atoms with E-state index < -0.39 is 17.1 Å². The van der Waals surface area contributed by atoms with Gasteiger partial charge in [-0.2, -0.15) is 5.26 Å². The molecule has 1 aliphatic rings. The van der Waals surface area contributed by atoms with Crippen molar-refractivity contribution in [3.05, 3.63) is 68.5 Å². The van der Waals surface area contributed by atoms with Crippen LogP contribution in [0, 0.1) is 11.3 Å². The zero-order chi connectivity index (χ0) is 22.4. The van der Waals surface area contributed by atoms with Crippen molar-refractivity contribution in [2.24, 2.45) is 0 Å². The third-order valence-corrected chi connectivity index (χ3v) is 5.77. The Morgan fingerprint density at radius 2 is 2.03 bits per heavy atom. The second kappa shape index (κ2) is 10.3. The van der Waals surface area contributed by atoms with E-state index in [4.69, 9.17) is 9.47 Å². The molecule has 31 heavy (non-hydrogen) atoms. The Bertz CT molecular complexity index is 1110. The van der Waals surface area contributed by atoms with Crippen molar-refractivity contribution in [3.8, 4) is 11.8 Å². The van der Waals surface area contributed by atoms with Crippen LogP contribution in [0.25, 0.3) is 6.08 Å². The lowest BCUT2D eigenvalue weighted by atomic mass is 10.1. The minimum atomic E-state index is -0.467. The predicted molar refractivity (Wildman–Crippen MR) is 119 cm³/mol. The number of rotatable bonds is 7. The van der Waals surface area contributed by atoms with Crippen LogP contribution in [0.3, 0.4) is 0 Å². The monoisotopic (exact) mass is 500 g/mol. The summed E-state index contributed by atoms with van der Waals surface area (Å²) in [6, 6.07) is 14.0. The number of nitrogens with zero attached hydrogens (tertiary/aromatic N) is 2. The second-order valence-electron chi connectivity index (χ2n) is 6.32. The van der Waals surface area contributed by atoms with Crippen LogP contribution in [-0.4, -0.2) is 35.2 Å². The highest BCUT2D eigenvalue weighted by Gasteiger charge is 2.35. The molecule has 0 saturated carbocycles. The van der Waals surface area contributed by atoms with Crippen LogP contribution in [0.15, 0.2) is 51.8 Å². The standard InChI is InChI=1S/C22H17BrN2O5S/c1-2-29-20(26)13-30-18-8-7-14(9-17(18)23)10-19-21(27)25(22(28)31-19)12-16-6-4-3-5-15(16)11-24/h3-10H,2,12-13H2,1H3/b19-10+. The lowest BCUT2D eigenvalue weighted by molar-refractivity contribution is -0.145. The van der Waals surface area contributed by atoms with E-state index in [9.17, 15) is 19.6 Å². The predicted octanol–water partition coefficient (Wildman–Crippen LogP) is 4.50. The Morgan fingerprint density at radius 3 is 2.74 bits per heavy atom. The molecule has 0 aliphatic carbocycles. The van der Waals surface area contributed by atoms with E-state index in [1.165, 1.54) is 0 Å². The van der Waals surface area contributed by atoms with Gasteiger partial charge in [-0.05, 0) is 70.0 Å². The van der Waals surface area contributed by atoms with Gasteiger partial charge in [0.25, 0.3) is 11.1 Å².